The van der Waals surface area contributed by atoms with Crippen molar-refractivity contribution in [3.63, 3.8) is 0 Å². The summed E-state index contributed by atoms with van der Waals surface area (Å²) in [5, 5.41) is 0. The van der Waals surface area contributed by atoms with Gasteiger partial charge in [-0.25, -0.2) is 8.42 Å². The first kappa shape index (κ1) is 6.54. The monoisotopic (exact) mass is 149 g/mol. The fourth-order valence-corrected chi connectivity index (χ4v) is 2.10. The first-order valence-corrected chi connectivity index (χ1v) is 4.21. The minimum atomic E-state index is -3.24. The van der Waals surface area contributed by atoms with E-state index in [9.17, 15) is 13.2 Å². The van der Waals surface area contributed by atoms with E-state index in [1.54, 1.807) is 6.92 Å². The summed E-state index contributed by atoms with van der Waals surface area (Å²) in [6.45, 7) is 1.58. The van der Waals surface area contributed by atoms with Crippen LogP contribution in [0.4, 0.5) is 0 Å². The predicted octanol–water partition coefficient (Wildman–Crippen LogP) is -0.918. The lowest BCUT2D eigenvalue weighted by Crippen LogP contribution is -2.21. The first-order chi connectivity index (χ1) is 4.01. The number of sulfonamides is 1. The van der Waals surface area contributed by atoms with E-state index in [0.29, 0.717) is 0 Å². The fourth-order valence-electron chi connectivity index (χ4n) is 0.700. The average Bonchev–Trinajstić information content (AvgIpc) is 1.79. The fraction of sp³-hybridized carbons (Fsp3) is 0.750. The summed E-state index contributed by atoms with van der Waals surface area (Å²) in [5.41, 5.74) is 0. The van der Waals surface area contributed by atoms with Gasteiger partial charge in [-0.05, 0) is 0 Å². The molecular weight excluding hydrogens is 142 g/mol. The van der Waals surface area contributed by atoms with Crippen LogP contribution < -0.4 is 4.72 Å². The highest BCUT2D eigenvalue weighted by molar-refractivity contribution is 7.90. The molecule has 1 heterocycles. The second kappa shape index (κ2) is 1.70. The lowest BCUT2D eigenvalue weighted by atomic mass is 10.2. The molecule has 0 saturated carbocycles. The van der Waals surface area contributed by atoms with E-state index >= 15 is 0 Å². The van der Waals surface area contributed by atoms with Gasteiger partial charge in [0.25, 0.3) is 0 Å². The molecule has 1 aliphatic rings. The van der Waals surface area contributed by atoms with Crippen molar-refractivity contribution in [2.45, 2.75) is 6.92 Å². The number of hydrogen-bond acceptors (Lipinski definition) is 3. The van der Waals surface area contributed by atoms with Crippen molar-refractivity contribution in [1.29, 1.82) is 0 Å². The molecule has 5 heteroatoms. The maximum Gasteiger partial charge on any atom is 0.237 e. The molecule has 52 valence electrons. The van der Waals surface area contributed by atoms with E-state index in [1.165, 1.54) is 0 Å². The zero-order chi connectivity index (χ0) is 7.07. The third kappa shape index (κ3) is 1.21. The van der Waals surface area contributed by atoms with Crippen LogP contribution in [0, 0.1) is 5.92 Å². The molecule has 0 unspecified atom stereocenters. The van der Waals surface area contributed by atoms with Gasteiger partial charge in [0, 0.05) is 0 Å². The molecule has 0 aromatic heterocycles. The number of nitrogens with one attached hydrogen (secondary N) is 1. The van der Waals surface area contributed by atoms with Gasteiger partial charge in [0.1, 0.15) is 0 Å². The molecule has 1 N–H and O–H groups in total. The van der Waals surface area contributed by atoms with E-state index in [-0.39, 0.29) is 11.7 Å². The van der Waals surface area contributed by atoms with Crippen LogP contribution in [0.5, 0.6) is 0 Å². The Kier molecular flexibility index (Phi) is 1.23. The summed E-state index contributed by atoms with van der Waals surface area (Å²) in [4.78, 5) is 10.5. The van der Waals surface area contributed by atoms with Gasteiger partial charge in [0.05, 0.1) is 11.7 Å². The summed E-state index contributed by atoms with van der Waals surface area (Å²) < 4.78 is 22.9. The Morgan fingerprint density at radius 3 is 2.33 bits per heavy atom. The maximum atomic E-state index is 10.5. The van der Waals surface area contributed by atoms with Crippen molar-refractivity contribution in [1.82, 2.24) is 4.72 Å². The molecule has 0 bridgehead atoms. The van der Waals surface area contributed by atoms with Gasteiger partial charge in [-0.1, -0.05) is 6.92 Å². The molecule has 4 nitrogen and oxygen atoms in total. The lowest BCUT2D eigenvalue weighted by Gasteiger charge is -1.87. The molecule has 1 amide bonds. The van der Waals surface area contributed by atoms with Crippen LogP contribution in [-0.2, 0) is 14.8 Å². The summed E-state index contributed by atoms with van der Waals surface area (Å²) >= 11 is 0. The van der Waals surface area contributed by atoms with Crippen LogP contribution in [0.25, 0.3) is 0 Å². The topological polar surface area (TPSA) is 63.2 Å². The smallest absolute Gasteiger partial charge is 0.237 e. The van der Waals surface area contributed by atoms with Crippen molar-refractivity contribution >= 4 is 15.9 Å². The highest BCUT2D eigenvalue weighted by Gasteiger charge is 2.31. The molecule has 1 saturated heterocycles. The van der Waals surface area contributed by atoms with Crippen LogP contribution in [-0.4, -0.2) is 20.1 Å². The second-order valence-corrected chi connectivity index (χ2v) is 3.92. The number of hydrogen-bond donors (Lipinski definition) is 1. The van der Waals surface area contributed by atoms with Gasteiger partial charge in [-0.3, -0.25) is 9.52 Å². The molecule has 0 aromatic rings. The largest absolute Gasteiger partial charge is 0.274 e. The zero-order valence-corrected chi connectivity index (χ0v) is 5.73. The Bertz CT molecular complexity index is 230. The van der Waals surface area contributed by atoms with E-state index in [4.69, 9.17) is 0 Å². The summed E-state index contributed by atoms with van der Waals surface area (Å²) in [7, 11) is -3.24. The standard InChI is InChI=1S/C4H7NO3S/c1-3-2-9(7,8)5-4(3)6/h3H,2H2,1H3,(H,5,6)/t3-/m0/s1. The third-order valence-corrected chi connectivity index (χ3v) is 2.62. The van der Waals surface area contributed by atoms with Gasteiger partial charge < -0.3 is 0 Å². The molecule has 0 spiro atoms. The molecule has 1 aliphatic heterocycles. The summed E-state index contributed by atoms with van der Waals surface area (Å²) in [6.07, 6.45) is 0. The van der Waals surface area contributed by atoms with E-state index < -0.39 is 15.9 Å². The highest BCUT2D eigenvalue weighted by atomic mass is 32.2. The van der Waals surface area contributed by atoms with Crippen LogP contribution in [0.2, 0.25) is 0 Å². The maximum absolute atomic E-state index is 10.5. The minimum absolute atomic E-state index is 0.0637. The van der Waals surface area contributed by atoms with Gasteiger partial charge in [0.2, 0.25) is 15.9 Å². The first-order valence-electron chi connectivity index (χ1n) is 2.55. The number of carbonyl (C=O) groups is 1. The molecule has 0 aliphatic carbocycles. The quantitative estimate of drug-likeness (QED) is 0.484. The number of amides is 1. The summed E-state index contributed by atoms with van der Waals surface area (Å²) in [5.74, 6) is -0.837. The molecule has 1 fully saturated rings. The molecule has 0 aromatic carbocycles. The van der Waals surface area contributed by atoms with Crippen LogP contribution in [0.15, 0.2) is 0 Å². The summed E-state index contributed by atoms with van der Waals surface area (Å²) in [6, 6.07) is 0. The minimum Gasteiger partial charge on any atom is -0.274 e. The highest BCUT2D eigenvalue weighted by Crippen LogP contribution is 2.07. The number of carbonyl (C=O) groups excluding carboxylic acids is 1. The van der Waals surface area contributed by atoms with E-state index in [1.807, 2.05) is 4.72 Å². The van der Waals surface area contributed by atoms with Crippen molar-refractivity contribution < 1.29 is 13.2 Å². The van der Waals surface area contributed by atoms with E-state index in [2.05, 4.69) is 0 Å². The molecule has 1 rings (SSSR count). The molecule has 9 heavy (non-hydrogen) atoms. The zero-order valence-electron chi connectivity index (χ0n) is 4.92. The van der Waals surface area contributed by atoms with Crippen molar-refractivity contribution in [2.75, 3.05) is 5.75 Å². The molecular formula is C4H7NO3S. The lowest BCUT2D eigenvalue weighted by molar-refractivity contribution is -0.121. The van der Waals surface area contributed by atoms with Crippen LogP contribution >= 0.6 is 0 Å². The predicted molar refractivity (Wildman–Crippen MR) is 31.1 cm³/mol. The van der Waals surface area contributed by atoms with Gasteiger partial charge in [-0.15, -0.1) is 0 Å². The SMILES string of the molecule is C[C@H]1CS(=O)(=O)NC1=O. The van der Waals surface area contributed by atoms with Crippen molar-refractivity contribution in [3.8, 4) is 0 Å². The van der Waals surface area contributed by atoms with Crippen LogP contribution in [0.1, 0.15) is 6.92 Å². The Morgan fingerprint density at radius 1 is 1.67 bits per heavy atom. The Hall–Kier alpha value is -0.580. The second-order valence-electron chi connectivity index (χ2n) is 2.15. The Labute approximate surface area is 53.3 Å². The Balaban J connectivity index is 2.90. The van der Waals surface area contributed by atoms with Crippen molar-refractivity contribution in [2.24, 2.45) is 5.92 Å². The van der Waals surface area contributed by atoms with Gasteiger partial charge >= 0.3 is 0 Å². The molecule has 0 radical (unpaired) electrons. The average molecular weight is 149 g/mol. The van der Waals surface area contributed by atoms with Crippen molar-refractivity contribution in [3.05, 3.63) is 0 Å². The molecule has 1 atom stereocenters. The van der Waals surface area contributed by atoms with E-state index in [0.717, 1.165) is 0 Å². The normalized spacial score (nSPS) is 32.1. The van der Waals surface area contributed by atoms with Gasteiger partial charge in [0.15, 0.2) is 0 Å². The third-order valence-electron chi connectivity index (χ3n) is 1.17. The Morgan fingerprint density at radius 2 is 2.22 bits per heavy atom. The van der Waals surface area contributed by atoms with Crippen LogP contribution in [0.3, 0.4) is 0 Å². The number of rotatable bonds is 0. The van der Waals surface area contributed by atoms with Gasteiger partial charge in [-0.2, -0.15) is 0 Å².